The molecule has 0 heterocycles. The molecule has 0 aliphatic heterocycles. The number of halogens is 1. The second-order valence-electron chi connectivity index (χ2n) is 4.95. The minimum Gasteiger partial charge on any atom is -0.325 e. The summed E-state index contributed by atoms with van der Waals surface area (Å²) in [7, 11) is -3.76. The van der Waals surface area contributed by atoms with Crippen molar-refractivity contribution in [2.45, 2.75) is 25.2 Å². The second-order valence-corrected chi connectivity index (χ2v) is 7.34. The van der Waals surface area contributed by atoms with E-state index in [0.29, 0.717) is 21.6 Å². The van der Waals surface area contributed by atoms with E-state index in [-0.39, 0.29) is 16.7 Å². The van der Waals surface area contributed by atoms with E-state index in [2.05, 4.69) is 21.2 Å². The lowest BCUT2D eigenvalue weighted by atomic mass is 10.2. The fourth-order valence-corrected chi connectivity index (χ4v) is 3.36. The number of carbonyl (C=O) groups excluding carboxylic acids is 1. The van der Waals surface area contributed by atoms with E-state index in [1.165, 1.54) is 6.07 Å². The molecule has 1 fully saturated rings. The number of hydrogen-bond acceptors (Lipinski definition) is 3. The van der Waals surface area contributed by atoms with Gasteiger partial charge in [0.05, 0.1) is 10.6 Å². The summed E-state index contributed by atoms with van der Waals surface area (Å²) < 4.78 is 23.2. The third-order valence-electron chi connectivity index (χ3n) is 3.28. The quantitative estimate of drug-likeness (QED) is 0.876. The van der Waals surface area contributed by atoms with Crippen LogP contribution in [-0.4, -0.2) is 14.3 Å². The summed E-state index contributed by atoms with van der Waals surface area (Å²) in [5, 5.41) is 7.92. The molecule has 1 aromatic rings. The van der Waals surface area contributed by atoms with Crippen LogP contribution in [0, 0.1) is 18.8 Å². The average Bonchev–Trinajstić information content (AvgIpc) is 2.99. The van der Waals surface area contributed by atoms with Crippen molar-refractivity contribution in [3.05, 3.63) is 22.2 Å². The molecule has 104 valence electrons. The maximum absolute atomic E-state index is 11.9. The van der Waals surface area contributed by atoms with Gasteiger partial charge in [-0.1, -0.05) is 6.92 Å². The van der Waals surface area contributed by atoms with Crippen molar-refractivity contribution in [1.82, 2.24) is 0 Å². The Labute approximate surface area is 120 Å². The van der Waals surface area contributed by atoms with Crippen molar-refractivity contribution in [1.29, 1.82) is 0 Å². The zero-order valence-corrected chi connectivity index (χ0v) is 13.0. The first kappa shape index (κ1) is 14.5. The van der Waals surface area contributed by atoms with Crippen LogP contribution in [0.15, 0.2) is 21.5 Å². The zero-order chi connectivity index (χ0) is 14.4. The molecule has 2 unspecified atom stereocenters. The molecule has 7 heteroatoms. The molecule has 1 aliphatic rings. The lowest BCUT2D eigenvalue weighted by Crippen LogP contribution is -2.17. The van der Waals surface area contributed by atoms with Gasteiger partial charge in [-0.2, -0.15) is 0 Å². The van der Waals surface area contributed by atoms with Crippen LogP contribution in [0.25, 0.3) is 0 Å². The standard InChI is InChI=1S/C12H15BrN2O3S/c1-6-3-8(6)12(16)15-10-4-7(2)11(5-9(10)13)19(14,17)18/h4-6,8H,3H2,1-2H3,(H,15,16)(H2,14,17,18). The topological polar surface area (TPSA) is 89.3 Å². The van der Waals surface area contributed by atoms with Gasteiger partial charge in [0.25, 0.3) is 0 Å². The summed E-state index contributed by atoms with van der Waals surface area (Å²) in [6.45, 7) is 3.66. The smallest absolute Gasteiger partial charge is 0.238 e. The van der Waals surface area contributed by atoms with Crippen LogP contribution in [-0.2, 0) is 14.8 Å². The van der Waals surface area contributed by atoms with Gasteiger partial charge >= 0.3 is 0 Å². The number of anilines is 1. The Morgan fingerprint density at radius 1 is 1.47 bits per heavy atom. The molecule has 1 aromatic carbocycles. The van der Waals surface area contributed by atoms with Gasteiger partial charge in [0.2, 0.25) is 15.9 Å². The Bertz CT molecular complexity index is 643. The van der Waals surface area contributed by atoms with E-state index < -0.39 is 10.0 Å². The molecule has 0 bridgehead atoms. The molecule has 1 saturated carbocycles. The molecule has 2 atom stereocenters. The number of benzene rings is 1. The number of hydrogen-bond donors (Lipinski definition) is 2. The van der Waals surface area contributed by atoms with Crippen LogP contribution in [0.4, 0.5) is 5.69 Å². The Kier molecular flexibility index (Phi) is 3.72. The molecule has 0 aromatic heterocycles. The molecule has 2 rings (SSSR count). The van der Waals surface area contributed by atoms with Gasteiger partial charge in [0.15, 0.2) is 0 Å². The van der Waals surface area contributed by atoms with Crippen LogP contribution < -0.4 is 10.5 Å². The van der Waals surface area contributed by atoms with Gasteiger partial charge < -0.3 is 5.32 Å². The minimum atomic E-state index is -3.76. The minimum absolute atomic E-state index is 0.0315. The fourth-order valence-electron chi connectivity index (χ4n) is 1.98. The van der Waals surface area contributed by atoms with Gasteiger partial charge in [-0.15, -0.1) is 0 Å². The molecule has 0 spiro atoms. The van der Waals surface area contributed by atoms with E-state index in [1.54, 1.807) is 13.0 Å². The molecular formula is C12H15BrN2O3S. The van der Waals surface area contributed by atoms with Crippen LogP contribution in [0.5, 0.6) is 0 Å². The fraction of sp³-hybridized carbons (Fsp3) is 0.417. The van der Waals surface area contributed by atoms with E-state index in [9.17, 15) is 13.2 Å². The second kappa shape index (κ2) is 4.88. The van der Waals surface area contributed by atoms with Gasteiger partial charge in [-0.25, -0.2) is 13.6 Å². The summed E-state index contributed by atoms with van der Waals surface area (Å²) >= 11 is 3.25. The molecule has 0 radical (unpaired) electrons. The van der Waals surface area contributed by atoms with Crippen LogP contribution >= 0.6 is 15.9 Å². The molecule has 19 heavy (non-hydrogen) atoms. The third-order valence-corrected chi connectivity index (χ3v) is 4.98. The number of aryl methyl sites for hydroxylation is 1. The van der Waals surface area contributed by atoms with Gasteiger partial charge in [0.1, 0.15) is 0 Å². The number of amides is 1. The van der Waals surface area contributed by atoms with Crippen molar-refractivity contribution in [3.8, 4) is 0 Å². The highest BCUT2D eigenvalue weighted by atomic mass is 79.9. The van der Waals surface area contributed by atoms with Crippen molar-refractivity contribution in [2.75, 3.05) is 5.32 Å². The van der Waals surface area contributed by atoms with E-state index in [1.807, 2.05) is 6.92 Å². The summed E-state index contributed by atoms with van der Waals surface area (Å²) in [6.07, 6.45) is 0.900. The highest BCUT2D eigenvalue weighted by Crippen LogP contribution is 2.39. The summed E-state index contributed by atoms with van der Waals surface area (Å²) in [4.78, 5) is 11.9. The summed E-state index contributed by atoms with van der Waals surface area (Å²) in [5.74, 6) is 0.449. The first-order valence-corrected chi connectivity index (χ1v) is 8.18. The zero-order valence-electron chi connectivity index (χ0n) is 10.6. The lowest BCUT2D eigenvalue weighted by Gasteiger charge is -2.11. The van der Waals surface area contributed by atoms with Crippen molar-refractivity contribution >= 4 is 37.5 Å². The van der Waals surface area contributed by atoms with E-state index in [0.717, 1.165) is 6.42 Å². The third kappa shape index (κ3) is 3.16. The average molecular weight is 347 g/mol. The first-order valence-electron chi connectivity index (χ1n) is 5.84. The summed E-state index contributed by atoms with van der Waals surface area (Å²) in [6, 6.07) is 3.02. The normalized spacial score (nSPS) is 22.1. The lowest BCUT2D eigenvalue weighted by molar-refractivity contribution is -0.117. The highest BCUT2D eigenvalue weighted by molar-refractivity contribution is 9.10. The predicted octanol–water partition coefficient (Wildman–Crippen LogP) is 2.00. The number of rotatable bonds is 3. The Morgan fingerprint density at radius 2 is 2.05 bits per heavy atom. The Balaban J connectivity index is 2.28. The van der Waals surface area contributed by atoms with Crippen LogP contribution in [0.2, 0.25) is 0 Å². The largest absolute Gasteiger partial charge is 0.325 e. The molecule has 1 aliphatic carbocycles. The predicted molar refractivity (Wildman–Crippen MR) is 76.2 cm³/mol. The van der Waals surface area contributed by atoms with Crippen LogP contribution in [0.1, 0.15) is 18.9 Å². The maximum Gasteiger partial charge on any atom is 0.238 e. The molecule has 1 amide bonds. The molecular weight excluding hydrogens is 332 g/mol. The number of sulfonamides is 1. The van der Waals surface area contributed by atoms with Gasteiger partial charge in [-0.05, 0) is 52.9 Å². The Hall–Kier alpha value is -0.920. The van der Waals surface area contributed by atoms with E-state index in [4.69, 9.17) is 5.14 Å². The number of nitrogens with two attached hydrogens (primary N) is 1. The highest BCUT2D eigenvalue weighted by Gasteiger charge is 2.39. The van der Waals surface area contributed by atoms with Gasteiger partial charge in [-0.3, -0.25) is 4.79 Å². The van der Waals surface area contributed by atoms with Crippen LogP contribution in [0.3, 0.4) is 0 Å². The SMILES string of the molecule is Cc1cc(NC(=O)C2CC2C)c(Br)cc1S(N)(=O)=O. The van der Waals surface area contributed by atoms with Gasteiger partial charge in [0, 0.05) is 10.4 Å². The summed E-state index contributed by atoms with van der Waals surface area (Å²) in [5.41, 5.74) is 1.07. The molecule has 5 nitrogen and oxygen atoms in total. The molecule has 0 saturated heterocycles. The Morgan fingerprint density at radius 3 is 2.53 bits per heavy atom. The van der Waals surface area contributed by atoms with Crippen molar-refractivity contribution in [3.63, 3.8) is 0 Å². The number of primary sulfonamides is 1. The number of carbonyl (C=O) groups is 1. The van der Waals surface area contributed by atoms with Crippen molar-refractivity contribution < 1.29 is 13.2 Å². The van der Waals surface area contributed by atoms with Crippen molar-refractivity contribution in [2.24, 2.45) is 17.0 Å². The first-order chi connectivity index (χ1) is 8.70. The maximum atomic E-state index is 11.9. The monoisotopic (exact) mass is 346 g/mol. The van der Waals surface area contributed by atoms with E-state index >= 15 is 0 Å². The molecule has 3 N–H and O–H groups in total. The number of nitrogens with one attached hydrogen (secondary N) is 1.